The van der Waals surface area contributed by atoms with Crippen LogP contribution in [0.15, 0.2) is 66.9 Å². The van der Waals surface area contributed by atoms with Gasteiger partial charge in [0.2, 0.25) is 0 Å². The molecule has 1 aliphatic rings. The van der Waals surface area contributed by atoms with Crippen molar-refractivity contribution in [3.63, 3.8) is 0 Å². The molecule has 0 atom stereocenters. The highest BCUT2D eigenvalue weighted by Gasteiger charge is 2.23. The Morgan fingerprint density at radius 3 is 2.62 bits per heavy atom. The van der Waals surface area contributed by atoms with E-state index in [1.807, 2.05) is 49.8 Å². The molecule has 6 nitrogen and oxygen atoms in total. The Morgan fingerprint density at radius 1 is 1.05 bits per heavy atom. The molecule has 1 heterocycles. The highest BCUT2D eigenvalue weighted by atomic mass is 19.1. The lowest BCUT2D eigenvalue weighted by Gasteiger charge is -2.27. The van der Waals surface area contributed by atoms with Crippen molar-refractivity contribution in [1.29, 1.82) is 0 Å². The van der Waals surface area contributed by atoms with Crippen molar-refractivity contribution < 1.29 is 19.0 Å². The number of fused-ring (bicyclic) bond motifs is 2. The number of carbonyl (C=O) groups excluding carboxylic acids is 1. The van der Waals surface area contributed by atoms with Crippen LogP contribution in [0, 0.1) is 6.92 Å². The monoisotopic (exact) mass is 569 g/mol. The Kier molecular flexibility index (Phi) is 8.66. The lowest BCUT2D eigenvalue weighted by Crippen LogP contribution is -2.39. The number of phenolic OH excluding ortho intramolecular Hbond substituents is 1. The fourth-order valence-electron chi connectivity index (χ4n) is 5.73. The summed E-state index contributed by atoms with van der Waals surface area (Å²) in [6, 6.07) is 20.6. The Labute approximate surface area is 247 Å². The van der Waals surface area contributed by atoms with Crippen LogP contribution in [-0.2, 0) is 17.7 Å². The van der Waals surface area contributed by atoms with Gasteiger partial charge in [0, 0.05) is 24.7 Å². The highest BCUT2D eigenvalue weighted by Crippen LogP contribution is 2.42. The van der Waals surface area contributed by atoms with Crippen LogP contribution >= 0.6 is 0 Å². The molecule has 0 aliphatic heterocycles. The number of halogens is 1. The van der Waals surface area contributed by atoms with Crippen molar-refractivity contribution in [3.8, 4) is 5.75 Å². The number of carbonyl (C=O) groups is 1. The van der Waals surface area contributed by atoms with E-state index in [0.29, 0.717) is 19.6 Å². The van der Waals surface area contributed by atoms with Crippen LogP contribution in [0.3, 0.4) is 0 Å². The van der Waals surface area contributed by atoms with E-state index in [-0.39, 0.29) is 12.2 Å². The number of hydrogen-bond acceptors (Lipinski definition) is 4. The van der Waals surface area contributed by atoms with Gasteiger partial charge in [-0.1, -0.05) is 36.4 Å². The molecule has 0 radical (unpaired) electrons. The van der Waals surface area contributed by atoms with Crippen LogP contribution in [0.25, 0.3) is 22.0 Å². The smallest absolute Gasteiger partial charge is 0.410 e. The van der Waals surface area contributed by atoms with E-state index < -0.39 is 18.4 Å². The Morgan fingerprint density at radius 2 is 1.86 bits per heavy atom. The lowest BCUT2D eigenvalue weighted by atomic mass is 9.86. The second kappa shape index (κ2) is 12.4. The molecule has 220 valence electrons. The van der Waals surface area contributed by atoms with Gasteiger partial charge in [-0.3, -0.25) is 9.07 Å². The van der Waals surface area contributed by atoms with E-state index in [1.165, 1.54) is 22.3 Å². The summed E-state index contributed by atoms with van der Waals surface area (Å²) >= 11 is 0. The number of nitrogens with zero attached hydrogens (tertiary/aromatic N) is 3. The molecule has 1 N–H and O–H groups in total. The van der Waals surface area contributed by atoms with Crippen molar-refractivity contribution in [1.82, 2.24) is 14.7 Å². The van der Waals surface area contributed by atoms with E-state index in [1.54, 1.807) is 11.0 Å². The number of hydrogen-bond donors (Lipinski definition) is 1. The summed E-state index contributed by atoms with van der Waals surface area (Å²) in [5.41, 5.74) is 8.64. The van der Waals surface area contributed by atoms with E-state index in [2.05, 4.69) is 43.3 Å². The van der Waals surface area contributed by atoms with Crippen molar-refractivity contribution in [2.24, 2.45) is 0 Å². The first-order valence-corrected chi connectivity index (χ1v) is 14.8. The number of aromatic hydroxyl groups is 1. The molecule has 0 spiro atoms. The van der Waals surface area contributed by atoms with Crippen LogP contribution in [0.1, 0.15) is 67.9 Å². The molecular formula is C35H40FN3O3. The molecule has 0 saturated heterocycles. The summed E-state index contributed by atoms with van der Waals surface area (Å²) in [7, 11) is 0. The minimum Gasteiger partial charge on any atom is -0.508 e. The highest BCUT2D eigenvalue weighted by molar-refractivity contribution is 6.02. The molecule has 0 saturated carbocycles. The van der Waals surface area contributed by atoms with Crippen LogP contribution < -0.4 is 0 Å². The van der Waals surface area contributed by atoms with Gasteiger partial charge in [-0.25, -0.2) is 4.79 Å². The van der Waals surface area contributed by atoms with E-state index in [4.69, 9.17) is 9.84 Å². The molecule has 1 aliphatic carbocycles. The number of amides is 1. The van der Waals surface area contributed by atoms with E-state index in [9.17, 15) is 14.3 Å². The standard InChI is InChI=1S/C35H40FN3O3/c1-24-9-5-6-11-29(24)31-12-7-10-25-22-28(40)14-15-30(25)33(31)26-13-16-32-27(21-26)23-39(37-32)20-19-38(18-8-17-36)34(41)42-35(2,3)4/h5-6,9,11,13-16,21-23,40H,7-8,10,12,17-20H2,1-4H3. The second-order valence-electron chi connectivity index (χ2n) is 12.0. The summed E-state index contributed by atoms with van der Waals surface area (Å²) in [6.45, 7) is 8.27. The van der Waals surface area contributed by atoms with Gasteiger partial charge >= 0.3 is 6.09 Å². The molecule has 42 heavy (non-hydrogen) atoms. The number of aromatic nitrogens is 2. The van der Waals surface area contributed by atoms with Gasteiger partial charge in [-0.05, 0) is 117 Å². The minimum atomic E-state index is -0.622. The topological polar surface area (TPSA) is 67.6 Å². The quantitative estimate of drug-likeness (QED) is 0.234. The summed E-state index contributed by atoms with van der Waals surface area (Å²) < 4.78 is 20.3. The number of phenols is 1. The second-order valence-corrected chi connectivity index (χ2v) is 12.0. The fourth-order valence-corrected chi connectivity index (χ4v) is 5.73. The summed E-state index contributed by atoms with van der Waals surface area (Å²) in [6.07, 6.45) is 4.67. The Balaban J connectivity index is 1.50. The summed E-state index contributed by atoms with van der Waals surface area (Å²) in [4.78, 5) is 14.3. The molecular weight excluding hydrogens is 529 g/mol. The minimum absolute atomic E-state index is 0.265. The summed E-state index contributed by atoms with van der Waals surface area (Å²) in [5.74, 6) is 0.288. The first kappa shape index (κ1) is 29.4. The molecule has 1 aromatic heterocycles. The Bertz CT molecular complexity index is 1620. The van der Waals surface area contributed by atoms with Crippen molar-refractivity contribution in [2.45, 2.75) is 65.5 Å². The fraction of sp³-hybridized carbons (Fsp3) is 0.371. The molecule has 0 bridgehead atoms. The first-order valence-electron chi connectivity index (χ1n) is 14.8. The average molecular weight is 570 g/mol. The SMILES string of the molecule is Cc1ccccc1C1=C(c2ccc3nn(CCN(CCCF)C(=O)OC(C)(C)C)cc3c2)c2ccc(O)cc2CCC1. The van der Waals surface area contributed by atoms with Crippen LogP contribution in [0.5, 0.6) is 5.75 Å². The number of allylic oxidation sites excluding steroid dienone is 1. The Hall–Kier alpha value is -4.13. The molecule has 0 unspecified atom stereocenters. The predicted molar refractivity (Wildman–Crippen MR) is 166 cm³/mol. The third kappa shape index (κ3) is 6.67. The number of benzene rings is 3. The van der Waals surface area contributed by atoms with Gasteiger partial charge in [0.15, 0.2) is 0 Å². The molecule has 5 rings (SSSR count). The zero-order valence-electron chi connectivity index (χ0n) is 25.0. The van der Waals surface area contributed by atoms with Gasteiger partial charge in [0.1, 0.15) is 11.4 Å². The molecule has 4 aromatic rings. The lowest BCUT2D eigenvalue weighted by molar-refractivity contribution is 0.0237. The van der Waals surface area contributed by atoms with Crippen molar-refractivity contribution >= 4 is 28.1 Å². The number of rotatable bonds is 8. The van der Waals surface area contributed by atoms with E-state index >= 15 is 0 Å². The largest absolute Gasteiger partial charge is 0.508 e. The molecule has 3 aromatic carbocycles. The van der Waals surface area contributed by atoms with Gasteiger partial charge < -0.3 is 14.7 Å². The zero-order chi connectivity index (χ0) is 29.9. The van der Waals surface area contributed by atoms with Gasteiger partial charge in [0.05, 0.1) is 18.7 Å². The molecule has 0 fully saturated rings. The van der Waals surface area contributed by atoms with Crippen molar-refractivity contribution in [2.75, 3.05) is 19.8 Å². The van der Waals surface area contributed by atoms with E-state index in [0.717, 1.165) is 46.9 Å². The van der Waals surface area contributed by atoms with Gasteiger partial charge in [0.25, 0.3) is 0 Å². The normalized spacial score (nSPS) is 13.6. The molecule has 1 amide bonds. The van der Waals surface area contributed by atoms with Gasteiger partial charge in [-0.15, -0.1) is 0 Å². The number of alkyl halides is 1. The van der Waals surface area contributed by atoms with Crippen LogP contribution in [0.2, 0.25) is 0 Å². The third-order valence-electron chi connectivity index (χ3n) is 7.66. The zero-order valence-corrected chi connectivity index (χ0v) is 25.0. The third-order valence-corrected chi connectivity index (χ3v) is 7.66. The van der Waals surface area contributed by atoms with Crippen LogP contribution in [-0.4, -0.2) is 51.2 Å². The number of ether oxygens (including phenoxy) is 1. The average Bonchev–Trinajstić information content (AvgIpc) is 3.25. The summed E-state index contributed by atoms with van der Waals surface area (Å²) in [5, 5.41) is 16.0. The predicted octanol–water partition coefficient (Wildman–Crippen LogP) is 7.94. The van der Waals surface area contributed by atoms with Crippen molar-refractivity contribution in [3.05, 3.63) is 94.7 Å². The number of aryl methyl sites for hydroxylation is 2. The van der Waals surface area contributed by atoms with Crippen LogP contribution in [0.4, 0.5) is 9.18 Å². The maximum absolute atomic E-state index is 12.9. The molecule has 7 heteroatoms. The first-order chi connectivity index (χ1) is 20.1. The maximum Gasteiger partial charge on any atom is 0.410 e. The van der Waals surface area contributed by atoms with Gasteiger partial charge in [-0.2, -0.15) is 5.10 Å². The maximum atomic E-state index is 12.9.